The van der Waals surface area contributed by atoms with Gasteiger partial charge in [0.2, 0.25) is 5.91 Å². The van der Waals surface area contributed by atoms with Gasteiger partial charge in [0.25, 0.3) is 5.69 Å². The van der Waals surface area contributed by atoms with Crippen molar-refractivity contribution in [3.05, 3.63) is 64.2 Å². The van der Waals surface area contributed by atoms with E-state index in [0.717, 1.165) is 7.11 Å². The van der Waals surface area contributed by atoms with Gasteiger partial charge in [0.1, 0.15) is 11.6 Å². The molecule has 1 unspecified atom stereocenters. The number of hydrogen-bond donors (Lipinski definition) is 2. The van der Waals surface area contributed by atoms with Gasteiger partial charge in [0, 0.05) is 17.4 Å². The average Bonchev–Trinajstić information content (AvgIpc) is 2.61. The molecular formula is C17H17N3O5. The molecule has 8 nitrogen and oxygen atoms in total. The van der Waals surface area contributed by atoms with Crippen molar-refractivity contribution in [3.63, 3.8) is 0 Å². The minimum atomic E-state index is -0.822. The first-order valence-electron chi connectivity index (χ1n) is 7.41. The van der Waals surface area contributed by atoms with Crippen LogP contribution in [0.2, 0.25) is 0 Å². The summed E-state index contributed by atoms with van der Waals surface area (Å²) in [5.74, 6) is -1.11. The Morgan fingerprint density at radius 3 is 2.40 bits per heavy atom. The van der Waals surface area contributed by atoms with Gasteiger partial charge in [0.15, 0.2) is 0 Å². The molecule has 0 spiro atoms. The third-order valence-electron chi connectivity index (χ3n) is 3.42. The molecule has 25 heavy (non-hydrogen) atoms. The van der Waals surface area contributed by atoms with Crippen LogP contribution >= 0.6 is 0 Å². The first kappa shape index (κ1) is 17.9. The summed E-state index contributed by atoms with van der Waals surface area (Å²) in [6, 6.07) is 12.2. The zero-order valence-corrected chi connectivity index (χ0v) is 13.7. The molecule has 0 heterocycles. The van der Waals surface area contributed by atoms with Crippen LogP contribution in [0.15, 0.2) is 48.5 Å². The molecule has 1 atom stereocenters. The molecule has 0 aliphatic carbocycles. The third kappa shape index (κ3) is 4.54. The summed E-state index contributed by atoms with van der Waals surface area (Å²) in [6.45, 7) is 1.64. The SMILES string of the molecule is COC(=O)c1cc(NC(C)C(=O)Nc2ccccc2)ccc1[N+](=O)[O-]. The van der Waals surface area contributed by atoms with Crippen LogP contribution in [-0.4, -0.2) is 30.0 Å². The van der Waals surface area contributed by atoms with Gasteiger partial charge in [0.05, 0.1) is 12.0 Å². The Hall–Kier alpha value is -3.42. The van der Waals surface area contributed by atoms with Crippen LogP contribution < -0.4 is 10.6 Å². The van der Waals surface area contributed by atoms with E-state index in [2.05, 4.69) is 15.4 Å². The zero-order valence-electron chi connectivity index (χ0n) is 13.7. The summed E-state index contributed by atoms with van der Waals surface area (Å²) in [5, 5.41) is 16.6. The van der Waals surface area contributed by atoms with Gasteiger partial charge >= 0.3 is 5.97 Å². The lowest BCUT2D eigenvalue weighted by atomic mass is 10.1. The number of carbonyl (C=O) groups excluding carboxylic acids is 2. The van der Waals surface area contributed by atoms with E-state index in [1.54, 1.807) is 31.2 Å². The zero-order chi connectivity index (χ0) is 18.4. The minimum Gasteiger partial charge on any atom is -0.465 e. The van der Waals surface area contributed by atoms with Crippen LogP contribution in [0.3, 0.4) is 0 Å². The number of nitro groups is 1. The Morgan fingerprint density at radius 2 is 1.80 bits per heavy atom. The molecule has 1 amide bonds. The Morgan fingerprint density at radius 1 is 1.12 bits per heavy atom. The smallest absolute Gasteiger partial charge is 0.344 e. The van der Waals surface area contributed by atoms with E-state index >= 15 is 0 Å². The lowest BCUT2D eigenvalue weighted by Crippen LogP contribution is -2.31. The van der Waals surface area contributed by atoms with E-state index in [9.17, 15) is 19.7 Å². The van der Waals surface area contributed by atoms with Crippen LogP contribution in [-0.2, 0) is 9.53 Å². The van der Waals surface area contributed by atoms with E-state index in [0.29, 0.717) is 11.4 Å². The second-order valence-corrected chi connectivity index (χ2v) is 5.20. The van der Waals surface area contributed by atoms with Gasteiger partial charge in [-0.3, -0.25) is 14.9 Å². The van der Waals surface area contributed by atoms with Crippen LogP contribution in [0.25, 0.3) is 0 Å². The van der Waals surface area contributed by atoms with Gasteiger partial charge in [-0.25, -0.2) is 4.79 Å². The highest BCUT2D eigenvalue weighted by Gasteiger charge is 2.22. The topological polar surface area (TPSA) is 111 Å². The molecule has 0 aliphatic rings. The monoisotopic (exact) mass is 343 g/mol. The first-order chi connectivity index (χ1) is 11.9. The molecule has 2 N–H and O–H groups in total. The van der Waals surface area contributed by atoms with Crippen LogP contribution in [0.4, 0.5) is 17.1 Å². The van der Waals surface area contributed by atoms with Gasteiger partial charge in [-0.05, 0) is 31.2 Å². The van der Waals surface area contributed by atoms with Crippen LogP contribution in [0, 0.1) is 10.1 Å². The number of carbonyl (C=O) groups is 2. The number of esters is 1. The molecule has 0 bridgehead atoms. The number of para-hydroxylation sites is 1. The van der Waals surface area contributed by atoms with Crippen molar-refractivity contribution < 1.29 is 19.2 Å². The molecule has 0 saturated heterocycles. The summed E-state index contributed by atoms with van der Waals surface area (Å²) in [5.41, 5.74) is 0.494. The van der Waals surface area contributed by atoms with E-state index in [-0.39, 0.29) is 17.2 Å². The second kappa shape index (κ2) is 7.91. The van der Waals surface area contributed by atoms with E-state index in [1.165, 1.54) is 18.2 Å². The standard InChI is InChI=1S/C17H17N3O5/c1-11(16(21)19-12-6-4-3-5-7-12)18-13-8-9-15(20(23)24)14(10-13)17(22)25-2/h3-11,18H,1-2H3,(H,19,21). The fraction of sp³-hybridized carbons (Fsp3) is 0.176. The van der Waals surface area contributed by atoms with Gasteiger partial charge < -0.3 is 15.4 Å². The second-order valence-electron chi connectivity index (χ2n) is 5.20. The molecule has 2 rings (SSSR count). The Kier molecular flexibility index (Phi) is 5.67. The number of methoxy groups -OCH3 is 1. The molecule has 0 radical (unpaired) electrons. The fourth-order valence-electron chi connectivity index (χ4n) is 2.15. The molecular weight excluding hydrogens is 326 g/mol. The lowest BCUT2D eigenvalue weighted by molar-refractivity contribution is -0.385. The molecule has 0 aliphatic heterocycles. The quantitative estimate of drug-likeness (QED) is 0.474. The van der Waals surface area contributed by atoms with Gasteiger partial charge in [-0.15, -0.1) is 0 Å². The Bertz CT molecular complexity index is 792. The predicted molar refractivity (Wildman–Crippen MR) is 92.6 cm³/mol. The van der Waals surface area contributed by atoms with Crippen molar-refractivity contribution in [2.24, 2.45) is 0 Å². The third-order valence-corrected chi connectivity index (χ3v) is 3.42. The van der Waals surface area contributed by atoms with Crippen molar-refractivity contribution in [1.82, 2.24) is 0 Å². The number of rotatable bonds is 6. The minimum absolute atomic E-state index is 0.187. The highest BCUT2D eigenvalue weighted by atomic mass is 16.6. The molecule has 0 saturated carbocycles. The van der Waals surface area contributed by atoms with Crippen LogP contribution in [0.5, 0.6) is 0 Å². The number of hydrogen-bond acceptors (Lipinski definition) is 6. The molecule has 0 fully saturated rings. The Labute approximate surface area is 144 Å². The fourth-order valence-corrected chi connectivity index (χ4v) is 2.15. The number of nitrogens with one attached hydrogen (secondary N) is 2. The maximum Gasteiger partial charge on any atom is 0.344 e. The lowest BCUT2D eigenvalue weighted by Gasteiger charge is -2.16. The van der Waals surface area contributed by atoms with Gasteiger partial charge in [-0.2, -0.15) is 0 Å². The highest BCUT2D eigenvalue weighted by Crippen LogP contribution is 2.24. The summed E-state index contributed by atoms with van der Waals surface area (Å²) in [4.78, 5) is 34.2. The van der Waals surface area contributed by atoms with E-state index in [1.807, 2.05) is 6.07 Å². The highest BCUT2D eigenvalue weighted by molar-refractivity contribution is 5.97. The van der Waals surface area contributed by atoms with Crippen molar-refractivity contribution >= 4 is 28.9 Å². The Balaban J connectivity index is 2.14. The number of nitrogens with zero attached hydrogens (tertiary/aromatic N) is 1. The maximum atomic E-state index is 12.2. The number of ether oxygens (including phenoxy) is 1. The van der Waals surface area contributed by atoms with Crippen LogP contribution in [0.1, 0.15) is 17.3 Å². The molecule has 2 aromatic rings. The van der Waals surface area contributed by atoms with E-state index in [4.69, 9.17) is 0 Å². The summed E-state index contributed by atoms with van der Waals surface area (Å²) in [6.07, 6.45) is 0. The predicted octanol–water partition coefficient (Wildman–Crippen LogP) is 2.82. The molecule has 2 aromatic carbocycles. The summed E-state index contributed by atoms with van der Waals surface area (Å²) < 4.78 is 4.56. The largest absolute Gasteiger partial charge is 0.465 e. The number of benzene rings is 2. The molecule has 130 valence electrons. The average molecular weight is 343 g/mol. The molecule has 0 aromatic heterocycles. The van der Waals surface area contributed by atoms with Gasteiger partial charge in [-0.1, -0.05) is 18.2 Å². The number of nitro benzene ring substituents is 1. The maximum absolute atomic E-state index is 12.2. The van der Waals surface area contributed by atoms with E-state index < -0.39 is 16.9 Å². The summed E-state index contributed by atoms with van der Waals surface area (Å²) >= 11 is 0. The molecule has 8 heteroatoms. The summed E-state index contributed by atoms with van der Waals surface area (Å²) in [7, 11) is 1.14. The number of anilines is 2. The normalized spacial score (nSPS) is 11.3. The first-order valence-corrected chi connectivity index (χ1v) is 7.41. The van der Waals surface area contributed by atoms with Crippen molar-refractivity contribution in [2.45, 2.75) is 13.0 Å². The van der Waals surface area contributed by atoms with Crippen molar-refractivity contribution in [2.75, 3.05) is 17.7 Å². The van der Waals surface area contributed by atoms with Crippen molar-refractivity contribution in [3.8, 4) is 0 Å². The number of amides is 1. The van der Waals surface area contributed by atoms with Crippen molar-refractivity contribution in [1.29, 1.82) is 0 Å².